The summed E-state index contributed by atoms with van der Waals surface area (Å²) < 4.78 is 45.5. The van der Waals surface area contributed by atoms with Crippen LogP contribution in [0.2, 0.25) is 0 Å². The molecule has 30 heavy (non-hydrogen) atoms. The molecule has 7 nitrogen and oxygen atoms in total. The first-order valence-corrected chi connectivity index (χ1v) is 10.5. The van der Waals surface area contributed by atoms with E-state index in [0.717, 1.165) is 5.56 Å². The summed E-state index contributed by atoms with van der Waals surface area (Å²) in [5.41, 5.74) is 2.42. The van der Waals surface area contributed by atoms with Gasteiger partial charge in [-0.1, -0.05) is 35.5 Å². The first-order chi connectivity index (χ1) is 14.2. The van der Waals surface area contributed by atoms with Crippen molar-refractivity contribution in [3.8, 4) is 0 Å². The number of hydrogen-bond acceptors (Lipinski definition) is 5. The van der Waals surface area contributed by atoms with E-state index in [1.54, 1.807) is 31.2 Å². The van der Waals surface area contributed by atoms with Gasteiger partial charge in [0.2, 0.25) is 15.9 Å². The summed E-state index contributed by atoms with van der Waals surface area (Å²) in [5.74, 6) is -0.228. The van der Waals surface area contributed by atoms with Crippen LogP contribution in [-0.2, 0) is 21.4 Å². The van der Waals surface area contributed by atoms with Gasteiger partial charge >= 0.3 is 0 Å². The maximum Gasteiger partial charge on any atom is 0.240 e. The first kappa shape index (κ1) is 21.4. The van der Waals surface area contributed by atoms with Gasteiger partial charge in [-0.15, -0.1) is 0 Å². The van der Waals surface area contributed by atoms with Crippen molar-refractivity contribution in [1.82, 2.24) is 9.88 Å². The lowest BCUT2D eigenvalue weighted by molar-refractivity contribution is -0.114. The van der Waals surface area contributed by atoms with Crippen molar-refractivity contribution in [3.63, 3.8) is 0 Å². The Balaban J connectivity index is 1.69. The molecule has 0 saturated carbocycles. The number of nitrogens with one attached hydrogen (secondary N) is 2. The molecule has 0 aliphatic heterocycles. The summed E-state index contributed by atoms with van der Waals surface area (Å²) in [6, 6.07) is 11.8. The largest absolute Gasteiger partial charge is 0.354 e. The SMILES string of the molecule is CC(=O)Nc1c(C)noc1/C=C\c1ccc(S(=O)(=O)NCc2ccc(F)cc2)cc1. The number of carbonyl (C=O) groups is 1. The number of aromatic nitrogens is 1. The Morgan fingerprint density at radius 2 is 1.77 bits per heavy atom. The second-order valence-electron chi connectivity index (χ2n) is 6.54. The Morgan fingerprint density at radius 1 is 1.10 bits per heavy atom. The molecule has 3 rings (SSSR count). The maximum absolute atomic E-state index is 12.9. The van der Waals surface area contributed by atoms with Crippen LogP contribution in [0, 0.1) is 12.7 Å². The van der Waals surface area contributed by atoms with Gasteiger partial charge in [0.05, 0.1) is 4.90 Å². The van der Waals surface area contributed by atoms with Gasteiger partial charge in [-0.2, -0.15) is 0 Å². The van der Waals surface area contributed by atoms with Crippen LogP contribution >= 0.6 is 0 Å². The van der Waals surface area contributed by atoms with Crippen LogP contribution in [0.1, 0.15) is 29.5 Å². The smallest absolute Gasteiger partial charge is 0.240 e. The molecule has 0 spiro atoms. The van der Waals surface area contributed by atoms with E-state index in [4.69, 9.17) is 4.52 Å². The third-order valence-corrected chi connectivity index (χ3v) is 5.60. The average molecular weight is 429 g/mol. The number of benzene rings is 2. The van der Waals surface area contributed by atoms with Crippen molar-refractivity contribution in [3.05, 3.63) is 76.9 Å². The van der Waals surface area contributed by atoms with Crippen LogP contribution in [0.3, 0.4) is 0 Å². The Morgan fingerprint density at radius 3 is 2.40 bits per heavy atom. The zero-order chi connectivity index (χ0) is 21.7. The maximum atomic E-state index is 12.9. The fourth-order valence-corrected chi connectivity index (χ4v) is 3.64. The molecule has 3 aromatic rings. The van der Waals surface area contributed by atoms with Gasteiger partial charge in [0.25, 0.3) is 0 Å². The van der Waals surface area contributed by atoms with E-state index >= 15 is 0 Å². The molecule has 9 heteroatoms. The topological polar surface area (TPSA) is 101 Å². The van der Waals surface area contributed by atoms with E-state index in [9.17, 15) is 17.6 Å². The van der Waals surface area contributed by atoms with Gasteiger partial charge in [0.1, 0.15) is 17.2 Å². The average Bonchev–Trinajstić information content (AvgIpc) is 3.05. The molecule has 0 atom stereocenters. The van der Waals surface area contributed by atoms with Crippen molar-refractivity contribution in [2.45, 2.75) is 25.3 Å². The number of halogens is 1. The number of anilines is 1. The summed E-state index contributed by atoms with van der Waals surface area (Å²) in [6.07, 6.45) is 3.36. The van der Waals surface area contributed by atoms with Gasteiger partial charge in [0.15, 0.2) is 5.76 Å². The van der Waals surface area contributed by atoms with Crippen molar-refractivity contribution in [1.29, 1.82) is 0 Å². The lowest BCUT2D eigenvalue weighted by Crippen LogP contribution is -2.23. The third kappa shape index (κ3) is 5.40. The summed E-state index contributed by atoms with van der Waals surface area (Å²) in [4.78, 5) is 11.4. The van der Waals surface area contributed by atoms with Gasteiger partial charge < -0.3 is 9.84 Å². The first-order valence-electron chi connectivity index (χ1n) is 9.01. The summed E-state index contributed by atoms with van der Waals surface area (Å²) >= 11 is 0. The minimum Gasteiger partial charge on any atom is -0.354 e. The molecule has 2 aromatic carbocycles. The Hall–Kier alpha value is -3.30. The molecule has 156 valence electrons. The number of aryl methyl sites for hydroxylation is 1. The number of hydrogen-bond donors (Lipinski definition) is 2. The number of carbonyl (C=O) groups excluding carboxylic acids is 1. The van der Waals surface area contributed by atoms with E-state index < -0.39 is 10.0 Å². The lowest BCUT2D eigenvalue weighted by Gasteiger charge is -2.07. The second kappa shape index (κ2) is 9.02. The quantitative estimate of drug-likeness (QED) is 0.596. The van der Waals surface area contributed by atoms with E-state index in [0.29, 0.717) is 22.7 Å². The Kier molecular flexibility index (Phi) is 6.43. The van der Waals surface area contributed by atoms with Crippen molar-refractivity contribution >= 4 is 33.8 Å². The van der Waals surface area contributed by atoms with Crippen LogP contribution < -0.4 is 10.0 Å². The van der Waals surface area contributed by atoms with Crippen molar-refractivity contribution in [2.75, 3.05) is 5.32 Å². The highest BCUT2D eigenvalue weighted by Crippen LogP contribution is 2.22. The standard InChI is InChI=1S/C21H20FN3O4S/c1-14-21(24-15(2)26)20(29-25-14)12-7-16-5-10-19(11-6-16)30(27,28)23-13-17-3-8-18(22)9-4-17/h3-12,23H,13H2,1-2H3,(H,24,26)/b12-7-. The highest BCUT2D eigenvalue weighted by atomic mass is 32.2. The summed E-state index contributed by atoms with van der Waals surface area (Å²) in [7, 11) is -3.71. The molecular weight excluding hydrogens is 409 g/mol. The number of sulfonamides is 1. The normalized spacial score (nSPS) is 11.7. The molecule has 1 amide bonds. The monoisotopic (exact) mass is 429 g/mol. The molecule has 0 radical (unpaired) electrons. The fourth-order valence-electron chi connectivity index (χ4n) is 2.62. The molecule has 0 bridgehead atoms. The van der Waals surface area contributed by atoms with Crippen LogP contribution in [0.15, 0.2) is 57.9 Å². The summed E-state index contributed by atoms with van der Waals surface area (Å²) in [6.45, 7) is 3.16. The molecular formula is C21H20FN3O4S. The predicted octanol–water partition coefficient (Wildman–Crippen LogP) is 3.73. The zero-order valence-electron chi connectivity index (χ0n) is 16.3. The lowest BCUT2D eigenvalue weighted by atomic mass is 10.2. The zero-order valence-corrected chi connectivity index (χ0v) is 17.2. The number of nitrogens with zero attached hydrogens (tertiary/aromatic N) is 1. The van der Waals surface area contributed by atoms with E-state index in [1.165, 1.54) is 43.3 Å². The minimum atomic E-state index is -3.71. The third-order valence-electron chi connectivity index (χ3n) is 4.19. The summed E-state index contributed by atoms with van der Waals surface area (Å²) in [5, 5.41) is 6.49. The molecule has 2 N–H and O–H groups in total. The Labute approximate surface area is 173 Å². The van der Waals surface area contributed by atoms with Crippen LogP contribution in [0.25, 0.3) is 12.2 Å². The van der Waals surface area contributed by atoms with E-state index in [1.807, 2.05) is 0 Å². The minimum absolute atomic E-state index is 0.0566. The van der Waals surface area contributed by atoms with Gasteiger partial charge in [-0.3, -0.25) is 4.79 Å². The Bertz CT molecular complexity index is 1170. The van der Waals surface area contributed by atoms with E-state index in [-0.39, 0.29) is 23.2 Å². The van der Waals surface area contributed by atoms with Gasteiger partial charge in [-0.05, 0) is 48.4 Å². The molecule has 1 heterocycles. The van der Waals surface area contributed by atoms with Crippen molar-refractivity contribution in [2.24, 2.45) is 0 Å². The second-order valence-corrected chi connectivity index (χ2v) is 8.31. The van der Waals surface area contributed by atoms with Crippen LogP contribution in [-0.4, -0.2) is 19.5 Å². The van der Waals surface area contributed by atoms with Gasteiger partial charge in [-0.25, -0.2) is 17.5 Å². The molecule has 0 aliphatic rings. The predicted molar refractivity (Wildman–Crippen MR) is 111 cm³/mol. The van der Waals surface area contributed by atoms with Crippen LogP contribution in [0.5, 0.6) is 0 Å². The fraction of sp³-hybridized carbons (Fsp3) is 0.143. The van der Waals surface area contributed by atoms with Gasteiger partial charge in [0, 0.05) is 13.5 Å². The molecule has 1 aromatic heterocycles. The molecule has 0 fully saturated rings. The van der Waals surface area contributed by atoms with Crippen LogP contribution in [0.4, 0.5) is 10.1 Å². The molecule has 0 saturated heterocycles. The van der Waals surface area contributed by atoms with E-state index in [2.05, 4.69) is 15.2 Å². The highest BCUT2D eigenvalue weighted by molar-refractivity contribution is 7.89. The highest BCUT2D eigenvalue weighted by Gasteiger charge is 2.14. The number of rotatable bonds is 7. The molecule has 0 aliphatic carbocycles. The number of amides is 1. The molecule has 0 unspecified atom stereocenters. The van der Waals surface area contributed by atoms with Crippen molar-refractivity contribution < 1.29 is 22.1 Å².